The molecular formula is C15H17Cl3N2O. The minimum Gasteiger partial charge on any atom is -0.388 e. The number of nitrogens with zero attached hydrogens (tertiary/aromatic N) is 2. The highest BCUT2D eigenvalue weighted by molar-refractivity contribution is 6.35. The number of halogens is 3. The van der Waals surface area contributed by atoms with E-state index in [1.807, 2.05) is 18.5 Å². The lowest BCUT2D eigenvalue weighted by Crippen LogP contribution is -2.09. The molecule has 0 spiro atoms. The Morgan fingerprint density at radius 2 is 1.95 bits per heavy atom. The molecule has 1 N–H and O–H groups in total. The summed E-state index contributed by atoms with van der Waals surface area (Å²) in [7, 11) is 0. The lowest BCUT2D eigenvalue weighted by atomic mass is 10.0. The number of aromatic nitrogens is 2. The molecule has 21 heavy (non-hydrogen) atoms. The van der Waals surface area contributed by atoms with Gasteiger partial charge in [0.15, 0.2) is 0 Å². The molecule has 0 saturated carbocycles. The zero-order valence-corrected chi connectivity index (χ0v) is 14.2. The van der Waals surface area contributed by atoms with Crippen LogP contribution in [-0.2, 0) is 19.4 Å². The molecule has 0 bridgehead atoms. The molecule has 6 heteroatoms. The van der Waals surface area contributed by atoms with Crippen LogP contribution in [-0.4, -0.2) is 14.9 Å². The van der Waals surface area contributed by atoms with Crippen molar-refractivity contribution in [1.82, 2.24) is 9.78 Å². The van der Waals surface area contributed by atoms with E-state index in [4.69, 9.17) is 34.8 Å². The van der Waals surface area contributed by atoms with Crippen LogP contribution in [0.5, 0.6) is 0 Å². The van der Waals surface area contributed by atoms with Gasteiger partial charge in [0, 0.05) is 23.0 Å². The molecule has 0 aliphatic carbocycles. The van der Waals surface area contributed by atoms with Crippen molar-refractivity contribution < 1.29 is 5.11 Å². The van der Waals surface area contributed by atoms with Gasteiger partial charge < -0.3 is 5.11 Å². The number of rotatable bonds is 5. The van der Waals surface area contributed by atoms with Crippen molar-refractivity contribution in [3.8, 4) is 0 Å². The second-order valence-electron chi connectivity index (χ2n) is 4.76. The van der Waals surface area contributed by atoms with Crippen molar-refractivity contribution in [3.05, 3.63) is 50.2 Å². The Labute approximate surface area is 139 Å². The van der Waals surface area contributed by atoms with Gasteiger partial charge in [-0.05, 0) is 31.0 Å². The van der Waals surface area contributed by atoms with Gasteiger partial charge in [-0.25, -0.2) is 0 Å². The van der Waals surface area contributed by atoms with Gasteiger partial charge in [-0.15, -0.1) is 0 Å². The number of hydrogen-bond donors (Lipinski definition) is 1. The summed E-state index contributed by atoms with van der Waals surface area (Å²) in [4.78, 5) is 0. The number of aryl methyl sites for hydroxylation is 2. The second kappa shape index (κ2) is 7.01. The molecule has 1 aromatic heterocycles. The Balaban J connectivity index is 2.31. The number of aliphatic hydroxyl groups excluding tert-OH is 1. The fourth-order valence-electron chi connectivity index (χ4n) is 2.28. The molecule has 1 unspecified atom stereocenters. The van der Waals surface area contributed by atoms with E-state index >= 15 is 0 Å². The molecule has 3 nitrogen and oxygen atoms in total. The van der Waals surface area contributed by atoms with Gasteiger partial charge in [0.25, 0.3) is 0 Å². The Morgan fingerprint density at radius 3 is 2.52 bits per heavy atom. The fourth-order valence-corrected chi connectivity index (χ4v) is 3.16. The number of benzene rings is 1. The maximum absolute atomic E-state index is 10.4. The molecular weight excluding hydrogens is 331 g/mol. The van der Waals surface area contributed by atoms with Crippen LogP contribution in [0.4, 0.5) is 0 Å². The summed E-state index contributed by atoms with van der Waals surface area (Å²) in [6.07, 6.45) is 0.372. The van der Waals surface area contributed by atoms with E-state index in [9.17, 15) is 5.11 Å². The quantitative estimate of drug-likeness (QED) is 0.851. The Bertz CT molecular complexity index is 640. The van der Waals surface area contributed by atoms with E-state index in [0.29, 0.717) is 33.6 Å². The van der Waals surface area contributed by atoms with E-state index in [-0.39, 0.29) is 0 Å². The van der Waals surface area contributed by atoms with Gasteiger partial charge in [-0.2, -0.15) is 5.10 Å². The van der Waals surface area contributed by atoms with Crippen LogP contribution < -0.4 is 0 Å². The predicted molar refractivity (Wildman–Crippen MR) is 87.4 cm³/mol. The van der Waals surface area contributed by atoms with Crippen LogP contribution in [0.1, 0.15) is 36.9 Å². The van der Waals surface area contributed by atoms with Gasteiger partial charge in [0.05, 0.1) is 22.5 Å². The van der Waals surface area contributed by atoms with Crippen molar-refractivity contribution in [3.63, 3.8) is 0 Å². The van der Waals surface area contributed by atoms with Crippen molar-refractivity contribution in [2.24, 2.45) is 0 Å². The number of aliphatic hydroxyl groups is 1. The lowest BCUT2D eigenvalue weighted by Gasteiger charge is -2.14. The Morgan fingerprint density at radius 1 is 1.24 bits per heavy atom. The van der Waals surface area contributed by atoms with Gasteiger partial charge >= 0.3 is 0 Å². The first kappa shape index (κ1) is 16.6. The average Bonchev–Trinajstić information content (AvgIpc) is 2.75. The van der Waals surface area contributed by atoms with Gasteiger partial charge in [-0.1, -0.05) is 47.8 Å². The highest BCUT2D eigenvalue weighted by atomic mass is 35.5. The highest BCUT2D eigenvalue weighted by Crippen LogP contribution is 2.31. The summed E-state index contributed by atoms with van der Waals surface area (Å²) >= 11 is 18.4. The largest absolute Gasteiger partial charge is 0.388 e. The van der Waals surface area contributed by atoms with E-state index in [2.05, 4.69) is 5.10 Å². The van der Waals surface area contributed by atoms with Crippen molar-refractivity contribution in [2.45, 2.75) is 39.3 Å². The third-order valence-corrected chi connectivity index (χ3v) is 4.40. The minimum absolute atomic E-state index is 0.362. The first-order chi connectivity index (χ1) is 9.97. The van der Waals surface area contributed by atoms with Crippen molar-refractivity contribution in [1.29, 1.82) is 0 Å². The van der Waals surface area contributed by atoms with Crippen LogP contribution in [0.3, 0.4) is 0 Å². The molecule has 0 saturated heterocycles. The smallest absolute Gasteiger partial charge is 0.0860 e. The second-order valence-corrected chi connectivity index (χ2v) is 5.98. The summed E-state index contributed by atoms with van der Waals surface area (Å²) in [5.74, 6) is 0. The first-order valence-corrected chi connectivity index (χ1v) is 7.98. The Hall–Kier alpha value is -0.740. The molecule has 1 atom stereocenters. The van der Waals surface area contributed by atoms with Crippen molar-refractivity contribution in [2.75, 3.05) is 0 Å². The SMILES string of the molecule is CCc1nn(CC)c(CC(O)c2ccc(Cl)cc2Cl)c1Cl. The zero-order valence-electron chi connectivity index (χ0n) is 11.9. The van der Waals surface area contributed by atoms with Gasteiger partial charge in [0.2, 0.25) is 0 Å². The molecule has 0 fully saturated rings. The maximum Gasteiger partial charge on any atom is 0.0860 e. The standard InChI is InChI=1S/C15H17Cl3N2O/c1-3-12-15(18)13(20(4-2)19-12)8-14(21)10-6-5-9(16)7-11(10)17/h5-7,14,21H,3-4,8H2,1-2H3. The van der Waals surface area contributed by atoms with E-state index < -0.39 is 6.10 Å². The third-order valence-electron chi connectivity index (χ3n) is 3.40. The summed E-state index contributed by atoms with van der Waals surface area (Å²) < 4.78 is 1.83. The monoisotopic (exact) mass is 346 g/mol. The summed E-state index contributed by atoms with van der Waals surface area (Å²) in [6.45, 7) is 4.70. The summed E-state index contributed by atoms with van der Waals surface area (Å²) in [6, 6.07) is 5.07. The van der Waals surface area contributed by atoms with Crippen LogP contribution in [0.25, 0.3) is 0 Å². The van der Waals surface area contributed by atoms with Crippen LogP contribution >= 0.6 is 34.8 Å². The van der Waals surface area contributed by atoms with Crippen LogP contribution in [0, 0.1) is 0 Å². The van der Waals surface area contributed by atoms with Crippen molar-refractivity contribution >= 4 is 34.8 Å². The van der Waals surface area contributed by atoms with Crippen LogP contribution in [0.2, 0.25) is 15.1 Å². The first-order valence-electron chi connectivity index (χ1n) is 6.84. The maximum atomic E-state index is 10.4. The molecule has 2 aromatic rings. The molecule has 0 amide bonds. The fraction of sp³-hybridized carbons (Fsp3) is 0.400. The van der Waals surface area contributed by atoms with Crippen LogP contribution in [0.15, 0.2) is 18.2 Å². The van der Waals surface area contributed by atoms with E-state index in [0.717, 1.165) is 17.8 Å². The third kappa shape index (κ3) is 3.54. The Kier molecular flexibility index (Phi) is 5.55. The number of hydrogen-bond acceptors (Lipinski definition) is 2. The topological polar surface area (TPSA) is 38.0 Å². The lowest BCUT2D eigenvalue weighted by molar-refractivity contribution is 0.175. The highest BCUT2D eigenvalue weighted by Gasteiger charge is 2.20. The predicted octanol–water partition coefficient (Wildman–Crippen LogP) is 4.70. The zero-order chi connectivity index (χ0) is 15.6. The van der Waals surface area contributed by atoms with Gasteiger partial charge in [-0.3, -0.25) is 4.68 Å². The molecule has 1 heterocycles. The van der Waals surface area contributed by atoms with Gasteiger partial charge in [0.1, 0.15) is 0 Å². The molecule has 2 rings (SSSR count). The minimum atomic E-state index is -0.751. The molecule has 0 aliphatic rings. The molecule has 0 aliphatic heterocycles. The summed E-state index contributed by atoms with van der Waals surface area (Å²) in [5.41, 5.74) is 2.32. The average molecular weight is 348 g/mol. The molecule has 114 valence electrons. The molecule has 1 aromatic carbocycles. The van der Waals surface area contributed by atoms with E-state index in [1.54, 1.807) is 18.2 Å². The van der Waals surface area contributed by atoms with E-state index in [1.165, 1.54) is 0 Å². The molecule has 0 radical (unpaired) electrons. The summed E-state index contributed by atoms with van der Waals surface area (Å²) in [5, 5.41) is 16.5. The normalized spacial score (nSPS) is 12.7.